The molecule has 2 rings (SSSR count). The standard InChI is InChI=1S/C8H5ClFN5O/c9-4-1-2-5(10)6(3-4)11-8(16)7-12-14-15-13-7/h1-3H,(H,11,16)(H,12,13,14,15). The van der Waals surface area contributed by atoms with Gasteiger partial charge in [0.05, 0.1) is 5.69 Å². The molecule has 82 valence electrons. The van der Waals surface area contributed by atoms with Crippen molar-refractivity contribution in [1.29, 1.82) is 0 Å². The maximum Gasteiger partial charge on any atom is 0.297 e. The highest BCUT2D eigenvalue weighted by Crippen LogP contribution is 2.19. The van der Waals surface area contributed by atoms with Gasteiger partial charge in [-0.25, -0.2) is 4.39 Å². The zero-order valence-electron chi connectivity index (χ0n) is 7.74. The molecule has 0 atom stereocenters. The van der Waals surface area contributed by atoms with Crippen LogP contribution in [-0.2, 0) is 0 Å². The van der Waals surface area contributed by atoms with E-state index in [0.717, 1.165) is 6.07 Å². The lowest BCUT2D eigenvalue weighted by molar-refractivity contribution is 0.101. The lowest BCUT2D eigenvalue weighted by Crippen LogP contribution is -2.14. The van der Waals surface area contributed by atoms with Gasteiger partial charge in [-0.3, -0.25) is 4.79 Å². The molecule has 16 heavy (non-hydrogen) atoms. The second-order valence-corrected chi connectivity index (χ2v) is 3.25. The molecule has 6 nitrogen and oxygen atoms in total. The molecule has 1 aromatic heterocycles. The Hall–Kier alpha value is -2.02. The Morgan fingerprint density at radius 2 is 2.31 bits per heavy atom. The number of nitrogens with zero attached hydrogens (tertiary/aromatic N) is 3. The van der Waals surface area contributed by atoms with Gasteiger partial charge in [0, 0.05) is 5.02 Å². The molecule has 0 spiro atoms. The Balaban J connectivity index is 2.21. The molecule has 1 amide bonds. The summed E-state index contributed by atoms with van der Waals surface area (Å²) in [5.74, 6) is -1.45. The van der Waals surface area contributed by atoms with Crippen molar-refractivity contribution in [1.82, 2.24) is 20.6 Å². The summed E-state index contributed by atoms with van der Waals surface area (Å²) in [6.45, 7) is 0. The van der Waals surface area contributed by atoms with Gasteiger partial charge in [-0.05, 0) is 23.4 Å². The van der Waals surface area contributed by atoms with Crippen LogP contribution < -0.4 is 5.32 Å². The second kappa shape index (κ2) is 4.23. The first kappa shape index (κ1) is 10.5. The highest BCUT2D eigenvalue weighted by Gasteiger charge is 2.13. The van der Waals surface area contributed by atoms with Gasteiger partial charge in [0.2, 0.25) is 0 Å². The van der Waals surface area contributed by atoms with Crippen LogP contribution in [0.2, 0.25) is 5.02 Å². The number of tetrazole rings is 1. The Labute approximate surface area is 93.8 Å². The molecule has 1 heterocycles. The molecule has 0 unspecified atom stereocenters. The third kappa shape index (κ3) is 2.14. The molecule has 0 saturated heterocycles. The number of anilines is 1. The zero-order chi connectivity index (χ0) is 11.5. The fraction of sp³-hybridized carbons (Fsp3) is 0. The highest BCUT2D eigenvalue weighted by molar-refractivity contribution is 6.30. The molecule has 0 aliphatic rings. The van der Waals surface area contributed by atoms with Crippen LogP contribution in [0.5, 0.6) is 0 Å². The largest absolute Gasteiger partial charge is 0.317 e. The molecule has 0 aliphatic heterocycles. The molecule has 2 N–H and O–H groups in total. The van der Waals surface area contributed by atoms with Crippen molar-refractivity contribution in [2.24, 2.45) is 0 Å². The van der Waals surface area contributed by atoms with Crippen LogP contribution in [0.4, 0.5) is 10.1 Å². The fourth-order valence-corrected chi connectivity index (χ4v) is 1.20. The number of nitrogens with one attached hydrogen (secondary N) is 2. The minimum atomic E-state index is -0.671. The van der Waals surface area contributed by atoms with Crippen LogP contribution in [0.3, 0.4) is 0 Å². The first-order valence-corrected chi connectivity index (χ1v) is 4.54. The lowest BCUT2D eigenvalue weighted by Gasteiger charge is -2.03. The predicted molar refractivity (Wildman–Crippen MR) is 53.5 cm³/mol. The van der Waals surface area contributed by atoms with Crippen molar-refractivity contribution in [2.45, 2.75) is 0 Å². The summed E-state index contributed by atoms with van der Waals surface area (Å²) >= 11 is 5.66. The molecule has 1 aromatic carbocycles. The van der Waals surface area contributed by atoms with E-state index in [2.05, 4.69) is 25.9 Å². The van der Waals surface area contributed by atoms with Gasteiger partial charge in [-0.15, -0.1) is 10.2 Å². The second-order valence-electron chi connectivity index (χ2n) is 2.81. The Morgan fingerprint density at radius 1 is 1.50 bits per heavy atom. The van der Waals surface area contributed by atoms with Crippen molar-refractivity contribution in [3.05, 3.63) is 34.9 Å². The third-order valence-corrected chi connectivity index (χ3v) is 1.96. The summed E-state index contributed by atoms with van der Waals surface area (Å²) in [5.41, 5.74) is -0.0395. The van der Waals surface area contributed by atoms with E-state index < -0.39 is 11.7 Å². The smallest absolute Gasteiger partial charge is 0.297 e. The first-order valence-electron chi connectivity index (χ1n) is 4.16. The van der Waals surface area contributed by atoms with E-state index >= 15 is 0 Å². The van der Waals surface area contributed by atoms with Gasteiger partial charge >= 0.3 is 0 Å². The van der Waals surface area contributed by atoms with Crippen molar-refractivity contribution in [2.75, 3.05) is 5.32 Å². The zero-order valence-corrected chi connectivity index (χ0v) is 8.49. The maximum atomic E-state index is 13.2. The van der Waals surface area contributed by atoms with Gasteiger partial charge in [0.15, 0.2) is 0 Å². The van der Waals surface area contributed by atoms with Crippen molar-refractivity contribution in [3.8, 4) is 0 Å². The van der Waals surface area contributed by atoms with E-state index in [1.54, 1.807) is 0 Å². The Morgan fingerprint density at radius 3 is 3.00 bits per heavy atom. The molecule has 2 aromatic rings. The summed E-state index contributed by atoms with van der Waals surface area (Å²) in [4.78, 5) is 11.4. The number of carbonyl (C=O) groups is 1. The average molecular weight is 242 g/mol. The van der Waals surface area contributed by atoms with E-state index in [9.17, 15) is 9.18 Å². The molecular formula is C8H5ClFN5O. The number of H-pyrrole nitrogens is 1. The van der Waals surface area contributed by atoms with E-state index in [-0.39, 0.29) is 11.5 Å². The predicted octanol–water partition coefficient (Wildman–Crippen LogP) is 1.24. The van der Waals surface area contributed by atoms with Crippen molar-refractivity contribution >= 4 is 23.2 Å². The molecule has 8 heteroatoms. The fourth-order valence-electron chi connectivity index (χ4n) is 1.03. The lowest BCUT2D eigenvalue weighted by atomic mass is 10.3. The van der Waals surface area contributed by atoms with Gasteiger partial charge in [0.25, 0.3) is 11.7 Å². The molecule has 0 bridgehead atoms. The monoisotopic (exact) mass is 241 g/mol. The minimum Gasteiger partial charge on any atom is -0.317 e. The minimum absolute atomic E-state index is 0.0395. The quantitative estimate of drug-likeness (QED) is 0.829. The molecule has 0 aliphatic carbocycles. The average Bonchev–Trinajstić information content (AvgIpc) is 2.76. The Kier molecular flexibility index (Phi) is 2.78. The number of rotatable bonds is 2. The highest BCUT2D eigenvalue weighted by atomic mass is 35.5. The SMILES string of the molecule is O=C(Nc1cc(Cl)ccc1F)c1nn[nH]n1. The van der Waals surface area contributed by atoms with E-state index in [0.29, 0.717) is 5.02 Å². The number of aromatic nitrogens is 4. The van der Waals surface area contributed by atoms with Gasteiger partial charge in [0.1, 0.15) is 5.82 Å². The first-order chi connectivity index (χ1) is 7.66. The van der Waals surface area contributed by atoms with Crippen LogP contribution in [0.25, 0.3) is 0 Å². The van der Waals surface area contributed by atoms with Gasteiger partial charge < -0.3 is 5.32 Å². The number of halogens is 2. The van der Waals surface area contributed by atoms with Gasteiger partial charge in [-0.2, -0.15) is 5.21 Å². The molecule has 0 radical (unpaired) electrons. The van der Waals surface area contributed by atoms with Crippen molar-refractivity contribution in [3.63, 3.8) is 0 Å². The Bertz CT molecular complexity index is 515. The van der Waals surface area contributed by atoms with Gasteiger partial charge in [-0.1, -0.05) is 11.6 Å². The number of aromatic amines is 1. The van der Waals surface area contributed by atoms with Crippen LogP contribution in [0.1, 0.15) is 10.6 Å². The summed E-state index contributed by atoms with van der Waals surface area (Å²) < 4.78 is 13.2. The van der Waals surface area contributed by atoms with E-state index in [1.165, 1.54) is 12.1 Å². The van der Waals surface area contributed by atoms with Crippen LogP contribution in [0.15, 0.2) is 18.2 Å². The van der Waals surface area contributed by atoms with Crippen LogP contribution in [-0.4, -0.2) is 26.5 Å². The normalized spacial score (nSPS) is 10.1. The summed E-state index contributed by atoms with van der Waals surface area (Å²) in [6, 6.07) is 3.81. The number of amides is 1. The summed E-state index contributed by atoms with van der Waals surface area (Å²) in [6.07, 6.45) is 0. The number of benzene rings is 1. The number of carbonyl (C=O) groups excluding carboxylic acids is 1. The van der Waals surface area contributed by atoms with Crippen LogP contribution >= 0.6 is 11.6 Å². The number of hydrogen-bond acceptors (Lipinski definition) is 4. The van der Waals surface area contributed by atoms with Crippen LogP contribution in [0, 0.1) is 5.82 Å². The summed E-state index contributed by atoms with van der Waals surface area (Å²) in [7, 11) is 0. The summed E-state index contributed by atoms with van der Waals surface area (Å²) in [5, 5.41) is 14.8. The topological polar surface area (TPSA) is 83.6 Å². The molecular weight excluding hydrogens is 237 g/mol. The van der Waals surface area contributed by atoms with E-state index in [1.807, 2.05) is 0 Å². The van der Waals surface area contributed by atoms with Crippen molar-refractivity contribution < 1.29 is 9.18 Å². The molecule has 0 saturated carbocycles. The number of hydrogen-bond donors (Lipinski definition) is 2. The van der Waals surface area contributed by atoms with E-state index in [4.69, 9.17) is 11.6 Å². The molecule has 0 fully saturated rings. The maximum absolute atomic E-state index is 13.2. The third-order valence-electron chi connectivity index (χ3n) is 1.73.